The van der Waals surface area contributed by atoms with Gasteiger partial charge in [-0.25, -0.2) is 4.79 Å². The van der Waals surface area contributed by atoms with E-state index in [0.29, 0.717) is 5.69 Å². The van der Waals surface area contributed by atoms with Crippen LogP contribution in [-0.4, -0.2) is 41.5 Å². The minimum absolute atomic E-state index is 0.0315. The van der Waals surface area contributed by atoms with E-state index in [9.17, 15) is 19.2 Å². The first-order valence-electron chi connectivity index (χ1n) is 9.19. The number of carbonyl (C=O) groups excluding carboxylic acids is 3. The fourth-order valence-electron chi connectivity index (χ4n) is 2.92. The summed E-state index contributed by atoms with van der Waals surface area (Å²) in [6.07, 6.45) is -1.43. The van der Waals surface area contributed by atoms with Gasteiger partial charge in [-0.2, -0.15) is 5.06 Å². The third-order valence-electron chi connectivity index (χ3n) is 4.39. The van der Waals surface area contributed by atoms with Crippen LogP contribution >= 0.6 is 0 Å². The highest BCUT2D eigenvalue weighted by Crippen LogP contribution is 2.28. The van der Waals surface area contributed by atoms with E-state index in [0.717, 1.165) is 16.2 Å². The Morgan fingerprint density at radius 1 is 1.07 bits per heavy atom. The molecule has 1 aliphatic rings. The Morgan fingerprint density at radius 2 is 1.77 bits per heavy atom. The number of nitrogens with zero attached hydrogens (tertiary/aromatic N) is 1. The molecule has 0 fully saturated rings. The van der Waals surface area contributed by atoms with Gasteiger partial charge in [-0.1, -0.05) is 48.5 Å². The Bertz CT molecular complexity index is 945. The average molecular weight is 412 g/mol. The normalized spacial score (nSPS) is 13.5. The number of hydrogen-bond donors (Lipinski definition) is 2. The SMILES string of the molecule is O=C(O)C[C@H](NC(=O)OCc1ccccc1)C(=O)CON1C(=O)Cc2ccccc21. The molecule has 156 valence electrons. The largest absolute Gasteiger partial charge is 0.481 e. The van der Waals surface area contributed by atoms with E-state index >= 15 is 0 Å². The highest BCUT2D eigenvalue weighted by atomic mass is 16.7. The maximum absolute atomic E-state index is 12.5. The summed E-state index contributed by atoms with van der Waals surface area (Å²) in [6, 6.07) is 14.5. The number of rotatable bonds is 9. The number of fused-ring (bicyclic) bond motifs is 1. The molecule has 9 heteroatoms. The number of aliphatic carboxylic acids is 1. The maximum atomic E-state index is 12.5. The van der Waals surface area contributed by atoms with Crippen LogP contribution in [-0.2, 0) is 37.0 Å². The summed E-state index contributed by atoms with van der Waals surface area (Å²) in [5, 5.41) is 12.3. The van der Waals surface area contributed by atoms with E-state index in [2.05, 4.69) is 5.32 Å². The van der Waals surface area contributed by atoms with Crippen LogP contribution in [0.15, 0.2) is 54.6 Å². The predicted octanol–water partition coefficient (Wildman–Crippen LogP) is 1.85. The van der Waals surface area contributed by atoms with Gasteiger partial charge in [0.1, 0.15) is 19.3 Å². The monoisotopic (exact) mass is 412 g/mol. The number of benzene rings is 2. The molecule has 1 heterocycles. The van der Waals surface area contributed by atoms with Crippen molar-refractivity contribution < 1.29 is 33.9 Å². The quantitative estimate of drug-likeness (QED) is 0.644. The summed E-state index contributed by atoms with van der Waals surface area (Å²) < 4.78 is 5.03. The van der Waals surface area contributed by atoms with Crippen molar-refractivity contribution in [1.29, 1.82) is 0 Å². The molecule has 0 unspecified atom stereocenters. The molecule has 0 saturated carbocycles. The number of nitrogens with one attached hydrogen (secondary N) is 1. The van der Waals surface area contributed by atoms with Gasteiger partial charge in [-0.05, 0) is 17.2 Å². The van der Waals surface area contributed by atoms with Gasteiger partial charge in [0.25, 0.3) is 5.91 Å². The summed E-state index contributed by atoms with van der Waals surface area (Å²) in [5.74, 6) is -2.32. The lowest BCUT2D eigenvalue weighted by Gasteiger charge is -2.19. The zero-order valence-electron chi connectivity index (χ0n) is 15.9. The lowest BCUT2D eigenvalue weighted by molar-refractivity contribution is -0.141. The van der Waals surface area contributed by atoms with Crippen LogP contribution in [0.4, 0.5) is 10.5 Å². The first-order chi connectivity index (χ1) is 14.4. The van der Waals surface area contributed by atoms with E-state index in [4.69, 9.17) is 14.7 Å². The molecule has 2 aromatic rings. The number of anilines is 1. The molecule has 30 heavy (non-hydrogen) atoms. The molecule has 1 atom stereocenters. The zero-order valence-corrected chi connectivity index (χ0v) is 15.9. The first kappa shape index (κ1) is 21.0. The summed E-state index contributed by atoms with van der Waals surface area (Å²) in [6.45, 7) is -0.618. The highest BCUT2D eigenvalue weighted by molar-refractivity contribution is 6.00. The lowest BCUT2D eigenvalue weighted by Crippen LogP contribution is -2.45. The summed E-state index contributed by atoms with van der Waals surface area (Å²) >= 11 is 0. The zero-order chi connectivity index (χ0) is 21.5. The molecule has 9 nitrogen and oxygen atoms in total. The number of hydroxylamine groups is 1. The number of ketones is 1. The highest BCUT2D eigenvalue weighted by Gasteiger charge is 2.30. The molecular formula is C21H20N2O7. The summed E-state index contributed by atoms with van der Waals surface area (Å²) in [7, 11) is 0. The standard InChI is InChI=1S/C21H20N2O7/c24-18(13-30-23-17-9-5-4-8-15(17)10-19(23)25)16(11-20(26)27)22-21(28)29-12-14-6-2-1-3-7-14/h1-9,16H,10-13H2,(H,22,28)(H,26,27)/t16-/m0/s1. The molecule has 0 bridgehead atoms. The number of carbonyl (C=O) groups is 4. The second-order valence-electron chi connectivity index (χ2n) is 6.59. The molecule has 0 aromatic heterocycles. The van der Waals surface area contributed by atoms with Gasteiger partial charge in [0.05, 0.1) is 18.5 Å². The molecule has 3 rings (SSSR count). The second kappa shape index (κ2) is 9.66. The molecule has 2 aromatic carbocycles. The van der Waals surface area contributed by atoms with Crippen molar-refractivity contribution in [3.8, 4) is 0 Å². The predicted molar refractivity (Wildman–Crippen MR) is 104 cm³/mol. The third kappa shape index (κ3) is 5.42. The van der Waals surface area contributed by atoms with Gasteiger partial charge < -0.3 is 15.2 Å². The smallest absolute Gasteiger partial charge is 0.408 e. The first-order valence-corrected chi connectivity index (χ1v) is 9.19. The number of carboxylic acids is 1. The number of amides is 2. The molecule has 0 spiro atoms. The molecule has 0 aliphatic carbocycles. The van der Waals surface area contributed by atoms with E-state index in [1.54, 1.807) is 48.5 Å². The number of para-hydroxylation sites is 1. The van der Waals surface area contributed by atoms with Gasteiger partial charge in [-0.3, -0.25) is 19.2 Å². The maximum Gasteiger partial charge on any atom is 0.408 e. The Labute approximate surface area is 172 Å². The number of alkyl carbamates (subject to hydrolysis) is 1. The van der Waals surface area contributed by atoms with Crippen molar-refractivity contribution in [2.45, 2.75) is 25.5 Å². The van der Waals surface area contributed by atoms with Crippen molar-refractivity contribution >= 4 is 29.4 Å². The van der Waals surface area contributed by atoms with Crippen molar-refractivity contribution in [3.05, 3.63) is 65.7 Å². The Balaban J connectivity index is 1.56. The summed E-state index contributed by atoms with van der Waals surface area (Å²) in [5.41, 5.74) is 2.03. The van der Waals surface area contributed by atoms with Gasteiger partial charge in [0.2, 0.25) is 0 Å². The fraction of sp³-hybridized carbons (Fsp3) is 0.238. The van der Waals surface area contributed by atoms with E-state index in [1.807, 2.05) is 6.07 Å². The average Bonchev–Trinajstić information content (AvgIpc) is 3.05. The minimum atomic E-state index is -1.36. The van der Waals surface area contributed by atoms with Crippen LogP contribution in [0.3, 0.4) is 0 Å². The second-order valence-corrected chi connectivity index (χ2v) is 6.59. The van der Waals surface area contributed by atoms with Gasteiger partial charge in [0.15, 0.2) is 5.78 Å². The molecular weight excluding hydrogens is 392 g/mol. The fourth-order valence-corrected chi connectivity index (χ4v) is 2.92. The van der Waals surface area contributed by atoms with E-state index < -0.39 is 36.9 Å². The molecule has 2 amide bonds. The number of Topliss-reactive ketones (excluding diaryl/α,β-unsaturated/α-hetero) is 1. The summed E-state index contributed by atoms with van der Waals surface area (Å²) in [4.78, 5) is 53.0. The van der Waals surface area contributed by atoms with Crippen molar-refractivity contribution in [3.63, 3.8) is 0 Å². The van der Waals surface area contributed by atoms with Crippen LogP contribution in [0.25, 0.3) is 0 Å². The molecule has 0 saturated heterocycles. The Morgan fingerprint density at radius 3 is 2.50 bits per heavy atom. The number of ether oxygens (including phenoxy) is 1. The van der Waals surface area contributed by atoms with Gasteiger partial charge >= 0.3 is 12.1 Å². The topological polar surface area (TPSA) is 122 Å². The van der Waals surface area contributed by atoms with E-state index in [1.165, 1.54) is 0 Å². The van der Waals surface area contributed by atoms with Crippen LogP contribution in [0.5, 0.6) is 0 Å². The van der Waals surface area contributed by atoms with Crippen LogP contribution < -0.4 is 10.4 Å². The molecule has 0 radical (unpaired) electrons. The Hall–Kier alpha value is -3.72. The third-order valence-corrected chi connectivity index (χ3v) is 4.39. The number of carboxylic acid groups (broad SMARTS) is 1. The van der Waals surface area contributed by atoms with Crippen molar-refractivity contribution in [2.75, 3.05) is 11.7 Å². The van der Waals surface area contributed by atoms with Crippen molar-refractivity contribution in [1.82, 2.24) is 5.32 Å². The Kier molecular flexibility index (Phi) is 6.76. The van der Waals surface area contributed by atoms with Crippen LogP contribution in [0.1, 0.15) is 17.5 Å². The van der Waals surface area contributed by atoms with Crippen LogP contribution in [0, 0.1) is 0 Å². The van der Waals surface area contributed by atoms with E-state index in [-0.39, 0.29) is 18.9 Å². The van der Waals surface area contributed by atoms with Crippen molar-refractivity contribution in [2.24, 2.45) is 0 Å². The number of hydrogen-bond acceptors (Lipinski definition) is 6. The minimum Gasteiger partial charge on any atom is -0.481 e. The van der Waals surface area contributed by atoms with Crippen LogP contribution in [0.2, 0.25) is 0 Å². The van der Waals surface area contributed by atoms with Gasteiger partial charge in [-0.15, -0.1) is 0 Å². The van der Waals surface area contributed by atoms with Gasteiger partial charge in [0, 0.05) is 0 Å². The molecule has 2 N–H and O–H groups in total. The lowest BCUT2D eigenvalue weighted by atomic mass is 10.1. The molecule has 1 aliphatic heterocycles.